The van der Waals surface area contributed by atoms with Crippen molar-refractivity contribution < 1.29 is 9.53 Å². The predicted octanol–water partition coefficient (Wildman–Crippen LogP) is 3.58. The third kappa shape index (κ3) is 4.58. The van der Waals surface area contributed by atoms with Crippen LogP contribution in [0.15, 0.2) is 36.0 Å². The maximum absolute atomic E-state index is 11.7. The molecule has 1 N–H and O–H groups in total. The van der Waals surface area contributed by atoms with Crippen molar-refractivity contribution in [3.63, 3.8) is 0 Å². The summed E-state index contributed by atoms with van der Waals surface area (Å²) >= 11 is 5.94. The molecule has 0 saturated carbocycles. The number of carbonyl (C=O) groups excluding carboxylic acids is 1. The average Bonchev–Trinajstić information content (AvgIpc) is 2.76. The summed E-state index contributed by atoms with van der Waals surface area (Å²) in [6.45, 7) is 5.07. The standard InChI is InChI=1S/C24H25ClN4O2/c1-15-17(11-29-12-19(13-29)24(30)27-2)4-3-16-8-21(5-6-22(15)16)31-14-20-7-18(9-26)23(25)10-28-20/h5-8,10,19H,3-4,11-14H2,1-2H3,(H,27,30). The van der Waals surface area contributed by atoms with Crippen molar-refractivity contribution in [2.24, 2.45) is 5.92 Å². The molecule has 0 radical (unpaired) electrons. The first-order valence-electron chi connectivity index (χ1n) is 10.4. The van der Waals surface area contributed by atoms with Gasteiger partial charge in [-0.2, -0.15) is 5.26 Å². The molecule has 1 amide bonds. The highest BCUT2D eigenvalue weighted by atomic mass is 35.5. The van der Waals surface area contributed by atoms with Gasteiger partial charge < -0.3 is 10.1 Å². The zero-order chi connectivity index (χ0) is 22.0. The number of fused-ring (bicyclic) bond motifs is 1. The van der Waals surface area contributed by atoms with Crippen molar-refractivity contribution in [2.75, 3.05) is 26.7 Å². The molecule has 0 spiro atoms. The molecule has 31 heavy (non-hydrogen) atoms. The van der Waals surface area contributed by atoms with Crippen LogP contribution in [0.25, 0.3) is 5.57 Å². The summed E-state index contributed by atoms with van der Waals surface area (Å²) in [6, 6.07) is 9.92. The fraction of sp³-hybridized carbons (Fsp3) is 0.375. The number of hydrogen-bond acceptors (Lipinski definition) is 5. The minimum atomic E-state index is 0.126. The number of halogens is 1. The third-order valence-corrected chi connectivity index (χ3v) is 6.42. The molecule has 1 aromatic heterocycles. The number of ether oxygens (including phenoxy) is 1. The van der Waals surface area contributed by atoms with Gasteiger partial charge in [0.25, 0.3) is 0 Å². The number of nitrogens with one attached hydrogen (secondary N) is 1. The van der Waals surface area contributed by atoms with Gasteiger partial charge >= 0.3 is 0 Å². The van der Waals surface area contributed by atoms with E-state index in [9.17, 15) is 4.79 Å². The molecule has 1 aliphatic carbocycles. The minimum Gasteiger partial charge on any atom is -0.487 e. The van der Waals surface area contributed by atoms with E-state index in [4.69, 9.17) is 21.6 Å². The molecule has 2 aliphatic rings. The number of benzene rings is 1. The van der Waals surface area contributed by atoms with Crippen LogP contribution in [-0.2, 0) is 17.8 Å². The smallest absolute Gasteiger partial charge is 0.225 e. The molecule has 2 heterocycles. The lowest BCUT2D eigenvalue weighted by atomic mass is 9.85. The summed E-state index contributed by atoms with van der Waals surface area (Å²) < 4.78 is 5.92. The van der Waals surface area contributed by atoms with Gasteiger partial charge in [-0.15, -0.1) is 0 Å². The maximum atomic E-state index is 11.7. The average molecular weight is 437 g/mol. The van der Waals surface area contributed by atoms with Gasteiger partial charge in [0.15, 0.2) is 0 Å². The number of nitrogens with zero attached hydrogens (tertiary/aromatic N) is 3. The number of aryl methyl sites for hydroxylation is 1. The lowest BCUT2D eigenvalue weighted by Crippen LogP contribution is -2.53. The molecule has 2 aromatic rings. The Kier molecular flexibility index (Phi) is 6.26. The first-order valence-corrected chi connectivity index (χ1v) is 10.8. The summed E-state index contributed by atoms with van der Waals surface area (Å²) in [7, 11) is 1.70. The fourth-order valence-corrected chi connectivity index (χ4v) is 4.38. The van der Waals surface area contributed by atoms with Crippen LogP contribution in [0.2, 0.25) is 5.02 Å². The van der Waals surface area contributed by atoms with E-state index in [1.807, 2.05) is 6.07 Å². The number of amides is 1. The van der Waals surface area contributed by atoms with Crippen molar-refractivity contribution in [1.82, 2.24) is 15.2 Å². The van der Waals surface area contributed by atoms with Gasteiger partial charge in [-0.05, 0) is 54.7 Å². The monoisotopic (exact) mass is 436 g/mol. The molecule has 1 aromatic carbocycles. The number of carbonyl (C=O) groups is 1. The normalized spacial score (nSPS) is 16.3. The Balaban J connectivity index is 1.40. The van der Waals surface area contributed by atoms with Gasteiger partial charge in [0.2, 0.25) is 5.91 Å². The Morgan fingerprint density at radius 3 is 2.90 bits per heavy atom. The van der Waals surface area contributed by atoms with Crippen LogP contribution in [0.1, 0.15) is 35.7 Å². The van der Waals surface area contributed by atoms with E-state index < -0.39 is 0 Å². The Labute approximate surface area is 187 Å². The number of aromatic nitrogens is 1. The SMILES string of the molecule is CNC(=O)C1CN(CC2=C(C)c3ccc(OCc4cc(C#N)c(Cl)cn4)cc3CC2)C1. The maximum Gasteiger partial charge on any atom is 0.225 e. The highest BCUT2D eigenvalue weighted by Crippen LogP contribution is 2.34. The van der Waals surface area contributed by atoms with Gasteiger partial charge in [0.05, 0.1) is 22.2 Å². The number of likely N-dealkylation sites (tertiary alicyclic amines) is 1. The number of rotatable bonds is 6. The Morgan fingerprint density at radius 2 is 2.16 bits per heavy atom. The van der Waals surface area contributed by atoms with Crippen molar-refractivity contribution >= 4 is 23.1 Å². The van der Waals surface area contributed by atoms with E-state index in [2.05, 4.69) is 40.3 Å². The van der Waals surface area contributed by atoms with Crippen LogP contribution in [-0.4, -0.2) is 42.5 Å². The van der Waals surface area contributed by atoms with E-state index in [0.29, 0.717) is 16.3 Å². The molecule has 7 heteroatoms. The molecule has 0 bridgehead atoms. The zero-order valence-corrected chi connectivity index (χ0v) is 18.5. The topological polar surface area (TPSA) is 78.3 Å². The third-order valence-electron chi connectivity index (χ3n) is 6.12. The van der Waals surface area contributed by atoms with Gasteiger partial charge in [-0.1, -0.05) is 23.2 Å². The largest absolute Gasteiger partial charge is 0.487 e. The zero-order valence-electron chi connectivity index (χ0n) is 17.7. The van der Waals surface area contributed by atoms with Crippen LogP contribution in [0.3, 0.4) is 0 Å². The van der Waals surface area contributed by atoms with Gasteiger partial charge in [-0.3, -0.25) is 14.7 Å². The molecule has 1 fully saturated rings. The number of pyridine rings is 1. The molecule has 0 unspecified atom stereocenters. The summed E-state index contributed by atoms with van der Waals surface area (Å²) in [5.74, 6) is 1.06. The van der Waals surface area contributed by atoms with Crippen molar-refractivity contribution in [1.29, 1.82) is 5.26 Å². The van der Waals surface area contributed by atoms with E-state index in [1.54, 1.807) is 13.1 Å². The second kappa shape index (κ2) is 9.09. The first kappa shape index (κ1) is 21.4. The summed E-state index contributed by atoms with van der Waals surface area (Å²) in [5, 5.41) is 12.2. The molecule has 1 aliphatic heterocycles. The molecular formula is C24H25ClN4O2. The highest BCUT2D eigenvalue weighted by Gasteiger charge is 2.32. The quantitative estimate of drug-likeness (QED) is 0.748. The molecule has 4 rings (SSSR count). The lowest BCUT2D eigenvalue weighted by molar-refractivity contribution is -0.129. The van der Waals surface area contributed by atoms with Crippen LogP contribution >= 0.6 is 11.6 Å². The van der Waals surface area contributed by atoms with Crippen LogP contribution in [0.5, 0.6) is 5.75 Å². The Bertz CT molecular complexity index is 1080. The summed E-state index contributed by atoms with van der Waals surface area (Å²) in [5.41, 5.74) is 6.40. The molecule has 6 nitrogen and oxygen atoms in total. The number of nitriles is 1. The molecule has 1 saturated heterocycles. The summed E-state index contributed by atoms with van der Waals surface area (Å²) in [4.78, 5) is 18.3. The lowest BCUT2D eigenvalue weighted by Gasteiger charge is -2.39. The second-order valence-corrected chi connectivity index (χ2v) is 8.52. The number of hydrogen-bond donors (Lipinski definition) is 1. The predicted molar refractivity (Wildman–Crippen MR) is 120 cm³/mol. The van der Waals surface area contributed by atoms with Crippen LogP contribution < -0.4 is 10.1 Å². The first-order chi connectivity index (χ1) is 15.0. The van der Waals surface area contributed by atoms with Crippen LogP contribution in [0, 0.1) is 17.2 Å². The van der Waals surface area contributed by atoms with E-state index in [-0.39, 0.29) is 18.4 Å². The Hall–Kier alpha value is -2.88. The van der Waals surface area contributed by atoms with Gasteiger partial charge in [-0.25, -0.2) is 0 Å². The van der Waals surface area contributed by atoms with Crippen molar-refractivity contribution in [3.05, 3.63) is 63.4 Å². The van der Waals surface area contributed by atoms with Crippen molar-refractivity contribution in [2.45, 2.75) is 26.4 Å². The van der Waals surface area contributed by atoms with E-state index >= 15 is 0 Å². The highest BCUT2D eigenvalue weighted by molar-refractivity contribution is 6.31. The van der Waals surface area contributed by atoms with E-state index in [1.165, 1.54) is 28.5 Å². The van der Waals surface area contributed by atoms with Crippen molar-refractivity contribution in [3.8, 4) is 11.8 Å². The Morgan fingerprint density at radius 1 is 1.35 bits per heavy atom. The molecule has 0 atom stereocenters. The second-order valence-electron chi connectivity index (χ2n) is 8.11. The fourth-order valence-electron chi connectivity index (χ4n) is 4.24. The molecule has 160 valence electrons. The van der Waals surface area contributed by atoms with E-state index in [0.717, 1.165) is 38.2 Å². The minimum absolute atomic E-state index is 0.126. The molecular weight excluding hydrogens is 412 g/mol. The van der Waals surface area contributed by atoms with Gasteiger partial charge in [0, 0.05) is 32.9 Å². The van der Waals surface area contributed by atoms with Gasteiger partial charge in [0.1, 0.15) is 18.4 Å². The van der Waals surface area contributed by atoms with Crippen LogP contribution in [0.4, 0.5) is 0 Å². The number of allylic oxidation sites excluding steroid dienone is 1. The summed E-state index contributed by atoms with van der Waals surface area (Å²) in [6.07, 6.45) is 3.48.